The second kappa shape index (κ2) is 8.76. The van der Waals surface area contributed by atoms with Crippen molar-refractivity contribution in [1.82, 2.24) is 15.1 Å². The summed E-state index contributed by atoms with van der Waals surface area (Å²) < 4.78 is 1.79. The quantitative estimate of drug-likeness (QED) is 0.621. The molecule has 4 rings (SSSR count). The summed E-state index contributed by atoms with van der Waals surface area (Å²) in [6.07, 6.45) is 2.78. The minimum atomic E-state index is -0.640. The van der Waals surface area contributed by atoms with Crippen LogP contribution in [0, 0.1) is 13.8 Å². The average molecular weight is 417 g/mol. The summed E-state index contributed by atoms with van der Waals surface area (Å²) in [5.41, 5.74) is 4.33. The Bertz CT molecular complexity index is 1100. The van der Waals surface area contributed by atoms with Gasteiger partial charge >= 0.3 is 0 Å². The number of anilines is 1. The van der Waals surface area contributed by atoms with E-state index in [1.54, 1.807) is 10.7 Å². The van der Waals surface area contributed by atoms with Gasteiger partial charge in [-0.05, 0) is 44.5 Å². The molecule has 31 heavy (non-hydrogen) atoms. The van der Waals surface area contributed by atoms with E-state index in [1.807, 2.05) is 62.4 Å². The van der Waals surface area contributed by atoms with Crippen LogP contribution in [0.1, 0.15) is 59.3 Å². The van der Waals surface area contributed by atoms with Crippen LogP contribution in [0.5, 0.6) is 0 Å². The van der Waals surface area contributed by atoms with E-state index < -0.39 is 6.04 Å². The number of nitrogens with zero attached hydrogens (tertiary/aromatic N) is 2. The summed E-state index contributed by atoms with van der Waals surface area (Å²) in [5.74, 6) is 0.138. The molecule has 0 fully saturated rings. The van der Waals surface area contributed by atoms with Crippen LogP contribution in [0.2, 0.25) is 0 Å². The summed E-state index contributed by atoms with van der Waals surface area (Å²) in [5, 5.41) is 10.7. The van der Waals surface area contributed by atoms with Gasteiger partial charge in [0, 0.05) is 17.0 Å². The molecule has 0 saturated heterocycles. The van der Waals surface area contributed by atoms with Gasteiger partial charge in [0.05, 0.1) is 11.4 Å². The van der Waals surface area contributed by atoms with Crippen molar-refractivity contribution in [2.45, 2.75) is 52.0 Å². The summed E-state index contributed by atoms with van der Waals surface area (Å²) in [6, 6.07) is 16.5. The minimum absolute atomic E-state index is 0.130. The Balaban J connectivity index is 1.71. The van der Waals surface area contributed by atoms with Crippen molar-refractivity contribution >= 4 is 17.6 Å². The highest BCUT2D eigenvalue weighted by atomic mass is 16.2. The number of para-hydroxylation sites is 1. The Labute approximate surface area is 182 Å². The largest absolute Gasteiger partial charge is 0.340 e. The maximum absolute atomic E-state index is 13.2. The molecule has 2 heterocycles. The average Bonchev–Trinajstić information content (AvgIpc) is 3.10. The molecular weight excluding hydrogens is 388 g/mol. The lowest BCUT2D eigenvalue weighted by atomic mass is 9.83. The number of unbranched alkanes of at least 4 members (excludes halogenated alkanes) is 1. The monoisotopic (exact) mass is 416 g/mol. The van der Waals surface area contributed by atoms with Gasteiger partial charge in [0.15, 0.2) is 0 Å². The molecule has 1 aromatic heterocycles. The number of benzene rings is 2. The molecule has 6 heteroatoms. The van der Waals surface area contributed by atoms with Gasteiger partial charge in [0.1, 0.15) is 11.9 Å². The lowest BCUT2D eigenvalue weighted by molar-refractivity contribution is -0.119. The van der Waals surface area contributed by atoms with E-state index in [-0.39, 0.29) is 17.7 Å². The van der Waals surface area contributed by atoms with E-state index in [4.69, 9.17) is 5.10 Å². The number of nitrogens with one attached hydrogen (secondary N) is 2. The van der Waals surface area contributed by atoms with Gasteiger partial charge in [-0.2, -0.15) is 5.10 Å². The fraction of sp³-hybridized carbons (Fsp3) is 0.320. The Morgan fingerprint density at radius 1 is 1.13 bits per heavy atom. The molecule has 1 aliphatic heterocycles. The van der Waals surface area contributed by atoms with Gasteiger partial charge < -0.3 is 10.6 Å². The highest BCUT2D eigenvalue weighted by Gasteiger charge is 2.40. The second-order valence-electron chi connectivity index (χ2n) is 8.15. The van der Waals surface area contributed by atoms with Crippen molar-refractivity contribution in [1.29, 1.82) is 0 Å². The predicted octanol–water partition coefficient (Wildman–Crippen LogP) is 4.51. The SMILES string of the molecule is CCCC[C@H]1c2c(C)nn(-c3ccccc3)c2NC(=O)[C@H]1NC(=O)c1cccc(C)c1. The number of fused-ring (bicyclic) bond motifs is 1. The predicted molar refractivity (Wildman–Crippen MR) is 122 cm³/mol. The molecular formula is C25H28N4O2. The van der Waals surface area contributed by atoms with E-state index in [1.165, 1.54) is 0 Å². The molecule has 6 nitrogen and oxygen atoms in total. The molecule has 0 radical (unpaired) electrons. The molecule has 0 aliphatic carbocycles. The zero-order chi connectivity index (χ0) is 22.0. The van der Waals surface area contributed by atoms with Gasteiger partial charge in [0.25, 0.3) is 5.91 Å². The van der Waals surface area contributed by atoms with Gasteiger partial charge in [-0.1, -0.05) is 55.7 Å². The van der Waals surface area contributed by atoms with Crippen LogP contribution in [0.3, 0.4) is 0 Å². The smallest absolute Gasteiger partial charge is 0.251 e. The van der Waals surface area contributed by atoms with Crippen molar-refractivity contribution in [3.63, 3.8) is 0 Å². The first-order chi connectivity index (χ1) is 15.0. The Morgan fingerprint density at radius 2 is 1.90 bits per heavy atom. The number of carbonyl (C=O) groups excluding carboxylic acids is 2. The maximum atomic E-state index is 13.2. The van der Waals surface area contributed by atoms with Crippen molar-refractivity contribution in [2.75, 3.05) is 5.32 Å². The highest BCUT2D eigenvalue weighted by molar-refractivity contribution is 6.03. The topological polar surface area (TPSA) is 76.0 Å². The molecule has 0 bridgehead atoms. The number of aromatic nitrogens is 2. The van der Waals surface area contributed by atoms with E-state index in [2.05, 4.69) is 17.6 Å². The van der Waals surface area contributed by atoms with Crippen LogP contribution in [0.25, 0.3) is 5.69 Å². The molecule has 0 unspecified atom stereocenters. The van der Waals surface area contributed by atoms with Crippen LogP contribution >= 0.6 is 0 Å². The molecule has 2 atom stereocenters. The van der Waals surface area contributed by atoms with E-state index >= 15 is 0 Å². The van der Waals surface area contributed by atoms with Gasteiger partial charge in [0.2, 0.25) is 5.91 Å². The third-order valence-corrected chi connectivity index (χ3v) is 5.84. The first-order valence-corrected chi connectivity index (χ1v) is 10.8. The van der Waals surface area contributed by atoms with Gasteiger partial charge in [-0.3, -0.25) is 9.59 Å². The van der Waals surface area contributed by atoms with E-state index in [9.17, 15) is 9.59 Å². The Kier molecular flexibility index (Phi) is 5.89. The summed E-state index contributed by atoms with van der Waals surface area (Å²) in [4.78, 5) is 26.1. The first-order valence-electron chi connectivity index (χ1n) is 10.8. The lowest BCUT2D eigenvalue weighted by Crippen LogP contribution is -2.50. The van der Waals surface area contributed by atoms with Crippen LogP contribution in [-0.4, -0.2) is 27.6 Å². The third kappa shape index (κ3) is 4.10. The number of rotatable bonds is 6. The standard InChI is InChI=1S/C25H28N4O2/c1-4-5-14-20-21-17(3)28-29(19-12-7-6-8-13-19)23(21)27-25(31)22(20)26-24(30)18-11-9-10-16(2)15-18/h6-13,15,20,22H,4-5,14H2,1-3H3,(H,26,30)(H,27,31)/t20-,22-/m0/s1. The molecule has 0 spiro atoms. The number of hydrogen-bond donors (Lipinski definition) is 2. The van der Waals surface area contributed by atoms with E-state index in [0.717, 1.165) is 41.8 Å². The molecule has 2 N–H and O–H groups in total. The highest BCUT2D eigenvalue weighted by Crippen LogP contribution is 2.39. The second-order valence-corrected chi connectivity index (χ2v) is 8.15. The maximum Gasteiger partial charge on any atom is 0.251 e. The Morgan fingerprint density at radius 3 is 2.61 bits per heavy atom. The van der Waals surface area contributed by atoms with Crippen molar-refractivity contribution in [3.05, 3.63) is 77.0 Å². The molecule has 160 valence electrons. The molecule has 2 aromatic carbocycles. The molecule has 1 aliphatic rings. The number of amides is 2. The van der Waals surface area contributed by atoms with Gasteiger partial charge in [-0.25, -0.2) is 4.68 Å². The molecule has 2 amide bonds. The van der Waals surface area contributed by atoms with Crippen molar-refractivity contribution in [3.8, 4) is 5.69 Å². The van der Waals surface area contributed by atoms with Crippen molar-refractivity contribution in [2.24, 2.45) is 0 Å². The Hall–Kier alpha value is -3.41. The number of hydrogen-bond acceptors (Lipinski definition) is 3. The van der Waals surface area contributed by atoms with Crippen LogP contribution in [0.15, 0.2) is 54.6 Å². The molecule has 3 aromatic rings. The molecule has 0 saturated carbocycles. The number of aryl methyl sites for hydroxylation is 2. The zero-order valence-corrected chi connectivity index (χ0v) is 18.2. The third-order valence-electron chi connectivity index (χ3n) is 5.84. The summed E-state index contributed by atoms with van der Waals surface area (Å²) >= 11 is 0. The van der Waals surface area contributed by atoms with Crippen LogP contribution < -0.4 is 10.6 Å². The van der Waals surface area contributed by atoms with Gasteiger partial charge in [-0.15, -0.1) is 0 Å². The fourth-order valence-corrected chi connectivity index (χ4v) is 4.32. The summed E-state index contributed by atoms with van der Waals surface area (Å²) in [6.45, 7) is 6.04. The lowest BCUT2D eigenvalue weighted by Gasteiger charge is -2.32. The first kappa shape index (κ1) is 20.8. The fourth-order valence-electron chi connectivity index (χ4n) is 4.32. The number of carbonyl (C=O) groups is 2. The summed E-state index contributed by atoms with van der Waals surface area (Å²) in [7, 11) is 0. The zero-order valence-electron chi connectivity index (χ0n) is 18.2. The minimum Gasteiger partial charge on any atom is -0.340 e. The van der Waals surface area contributed by atoms with Crippen molar-refractivity contribution < 1.29 is 9.59 Å². The normalized spacial score (nSPS) is 17.7. The van der Waals surface area contributed by atoms with Crippen LogP contribution in [-0.2, 0) is 4.79 Å². The van der Waals surface area contributed by atoms with Crippen LogP contribution in [0.4, 0.5) is 5.82 Å². The van der Waals surface area contributed by atoms with E-state index in [0.29, 0.717) is 11.4 Å².